The first-order valence-electron chi connectivity index (χ1n) is 8.78. The predicted molar refractivity (Wildman–Crippen MR) is 90.6 cm³/mol. The van der Waals surface area contributed by atoms with Crippen LogP contribution < -0.4 is 4.74 Å². The number of ether oxygens (including phenoxy) is 1. The Morgan fingerprint density at radius 2 is 1.82 bits per heavy atom. The molecule has 0 atom stereocenters. The summed E-state index contributed by atoms with van der Waals surface area (Å²) in [6.45, 7) is 4.36. The molecule has 0 aliphatic carbocycles. The van der Waals surface area contributed by atoms with Gasteiger partial charge in [0.25, 0.3) is 0 Å². The Hall–Kier alpha value is -0.903. The Balaban J connectivity index is 1.95. The highest BCUT2D eigenvalue weighted by Crippen LogP contribution is 2.38. The van der Waals surface area contributed by atoms with E-state index in [1.165, 1.54) is 37.4 Å². The smallest absolute Gasteiger partial charge is 0.200 e. The van der Waals surface area contributed by atoms with Gasteiger partial charge in [-0.25, -0.2) is 4.39 Å². The lowest BCUT2D eigenvalue weighted by atomic mass is 9.92. The monoisotopic (exact) mass is 326 g/mol. The molecule has 4 heteroatoms. The molecule has 1 aromatic carbocycles. The van der Waals surface area contributed by atoms with E-state index in [-0.39, 0.29) is 11.7 Å². The quantitative estimate of drug-likeness (QED) is 0.464. The zero-order valence-corrected chi connectivity index (χ0v) is 15.0. The lowest BCUT2D eigenvalue weighted by Gasteiger charge is -2.28. The summed E-state index contributed by atoms with van der Waals surface area (Å²) in [5.74, 6) is -1.28. The van der Waals surface area contributed by atoms with E-state index in [0.29, 0.717) is 12.2 Å². The lowest BCUT2D eigenvalue weighted by Crippen LogP contribution is -2.21. The summed E-state index contributed by atoms with van der Waals surface area (Å²) in [7, 11) is -0.610. The molecule has 1 aromatic rings. The largest absolute Gasteiger partial charge is 0.491 e. The van der Waals surface area contributed by atoms with E-state index in [1.807, 2.05) is 0 Å². The first-order valence-corrected chi connectivity index (χ1v) is 11.2. The molecule has 0 spiro atoms. The summed E-state index contributed by atoms with van der Waals surface area (Å²) in [5.41, 5.74) is 0.557. The van der Waals surface area contributed by atoms with E-state index in [2.05, 4.69) is 6.92 Å². The van der Waals surface area contributed by atoms with Crippen LogP contribution in [-0.4, -0.2) is 15.4 Å². The Labute approximate surface area is 134 Å². The van der Waals surface area contributed by atoms with E-state index in [0.717, 1.165) is 12.8 Å². The van der Waals surface area contributed by atoms with Gasteiger partial charge >= 0.3 is 0 Å². The first kappa shape index (κ1) is 17.5. The van der Waals surface area contributed by atoms with Crippen LogP contribution in [-0.2, 0) is 0 Å². The van der Waals surface area contributed by atoms with Crippen molar-refractivity contribution in [2.75, 3.05) is 6.61 Å². The maximum absolute atomic E-state index is 14.3. The maximum Gasteiger partial charge on any atom is 0.200 e. The van der Waals surface area contributed by atoms with Crippen LogP contribution in [0.15, 0.2) is 12.1 Å². The van der Waals surface area contributed by atoms with Crippen LogP contribution in [0, 0.1) is 11.6 Å². The average Bonchev–Trinajstić information content (AvgIpc) is 2.53. The fourth-order valence-electron chi connectivity index (χ4n) is 3.57. The molecule has 1 heterocycles. The van der Waals surface area contributed by atoms with Gasteiger partial charge < -0.3 is 4.74 Å². The van der Waals surface area contributed by atoms with Gasteiger partial charge in [0.2, 0.25) is 5.82 Å². The van der Waals surface area contributed by atoms with Crippen LogP contribution in [0.2, 0.25) is 18.1 Å². The van der Waals surface area contributed by atoms with Crippen molar-refractivity contribution in [1.29, 1.82) is 0 Å². The molecule has 1 fully saturated rings. The number of rotatable bonds is 7. The van der Waals surface area contributed by atoms with Crippen molar-refractivity contribution < 1.29 is 13.5 Å². The van der Waals surface area contributed by atoms with Crippen LogP contribution in [0.5, 0.6) is 5.75 Å². The molecule has 0 radical (unpaired) electrons. The maximum atomic E-state index is 14.3. The second-order valence-electron chi connectivity index (χ2n) is 6.43. The number of hydrogen-bond donors (Lipinski definition) is 0. The van der Waals surface area contributed by atoms with Gasteiger partial charge in [-0.2, -0.15) is 4.39 Å². The summed E-state index contributed by atoms with van der Waals surface area (Å²) in [4.78, 5) is 0. The minimum Gasteiger partial charge on any atom is -0.491 e. The summed E-state index contributed by atoms with van der Waals surface area (Å²) >= 11 is 0. The molecule has 0 saturated carbocycles. The molecular weight excluding hydrogens is 298 g/mol. The van der Waals surface area contributed by atoms with Crippen LogP contribution in [0.4, 0.5) is 8.78 Å². The van der Waals surface area contributed by atoms with Crippen molar-refractivity contribution in [1.82, 2.24) is 0 Å². The van der Waals surface area contributed by atoms with E-state index in [9.17, 15) is 8.78 Å². The Morgan fingerprint density at radius 3 is 2.45 bits per heavy atom. The third-order valence-electron chi connectivity index (χ3n) is 4.88. The number of hydrogen-bond acceptors (Lipinski definition) is 1. The lowest BCUT2D eigenvalue weighted by molar-refractivity contribution is 0.312. The van der Waals surface area contributed by atoms with Crippen molar-refractivity contribution in [2.45, 2.75) is 70.0 Å². The molecule has 0 bridgehead atoms. The van der Waals surface area contributed by atoms with Gasteiger partial charge in [0.05, 0.1) is 6.61 Å². The summed E-state index contributed by atoms with van der Waals surface area (Å²) in [5, 5.41) is 0. The van der Waals surface area contributed by atoms with Gasteiger partial charge in [0, 0.05) is 8.80 Å². The fourth-order valence-corrected chi connectivity index (χ4v) is 7.05. The summed E-state index contributed by atoms with van der Waals surface area (Å²) < 4.78 is 33.4. The van der Waals surface area contributed by atoms with Gasteiger partial charge in [-0.15, -0.1) is 0 Å². The van der Waals surface area contributed by atoms with Gasteiger partial charge in [0.15, 0.2) is 11.6 Å². The third kappa shape index (κ3) is 4.31. The number of unbranched alkanes of at least 4 members (excludes halogenated alkanes) is 2. The Bertz CT molecular complexity index is 470. The first-order chi connectivity index (χ1) is 10.7. The van der Waals surface area contributed by atoms with Gasteiger partial charge in [-0.1, -0.05) is 50.4 Å². The normalized spacial score (nSPS) is 21.8. The van der Waals surface area contributed by atoms with Crippen LogP contribution in [0.25, 0.3) is 0 Å². The molecule has 1 aliphatic heterocycles. The summed E-state index contributed by atoms with van der Waals surface area (Å²) in [6, 6.07) is 7.31. The highest BCUT2D eigenvalue weighted by molar-refractivity contribution is 6.59. The molecule has 0 aromatic heterocycles. The average molecular weight is 327 g/mol. The van der Waals surface area contributed by atoms with Crippen molar-refractivity contribution in [3.8, 4) is 5.75 Å². The van der Waals surface area contributed by atoms with Crippen LogP contribution in [0.3, 0.4) is 0 Å². The highest BCUT2D eigenvalue weighted by atomic mass is 28.3. The van der Waals surface area contributed by atoms with Crippen molar-refractivity contribution in [3.05, 3.63) is 29.3 Å². The van der Waals surface area contributed by atoms with Crippen LogP contribution >= 0.6 is 0 Å². The Morgan fingerprint density at radius 1 is 1.09 bits per heavy atom. The molecular formula is C18H28F2OSi. The molecule has 22 heavy (non-hydrogen) atoms. The van der Waals surface area contributed by atoms with E-state index >= 15 is 0 Å². The second-order valence-corrected chi connectivity index (χ2v) is 9.89. The van der Waals surface area contributed by atoms with Gasteiger partial charge in [-0.05, 0) is 37.3 Å². The molecule has 1 saturated heterocycles. The van der Waals surface area contributed by atoms with E-state index < -0.39 is 20.4 Å². The van der Waals surface area contributed by atoms with Crippen molar-refractivity contribution in [3.63, 3.8) is 0 Å². The van der Waals surface area contributed by atoms with E-state index in [4.69, 9.17) is 4.74 Å². The van der Waals surface area contributed by atoms with E-state index in [1.54, 1.807) is 19.1 Å². The number of halogens is 2. The molecule has 0 unspecified atom stereocenters. The van der Waals surface area contributed by atoms with Gasteiger partial charge in [-0.3, -0.25) is 0 Å². The molecule has 0 N–H and O–H groups in total. The topological polar surface area (TPSA) is 9.23 Å². The Kier molecular flexibility index (Phi) is 6.87. The summed E-state index contributed by atoms with van der Waals surface area (Å²) in [6.07, 6.45) is 6.05. The molecule has 124 valence electrons. The molecule has 1 nitrogen and oxygen atoms in total. The van der Waals surface area contributed by atoms with Crippen molar-refractivity contribution in [2.24, 2.45) is 0 Å². The SMILES string of the molecule is CCCCC[Si@H]1CC[C@H](c2ccc(OCC)c(F)c2F)CC1. The zero-order chi connectivity index (χ0) is 15.9. The third-order valence-corrected chi connectivity index (χ3v) is 8.40. The van der Waals surface area contributed by atoms with Crippen LogP contribution in [0.1, 0.15) is 57.4 Å². The van der Waals surface area contributed by atoms with Crippen molar-refractivity contribution >= 4 is 8.80 Å². The molecule has 2 rings (SSSR count). The zero-order valence-electron chi connectivity index (χ0n) is 13.8. The fraction of sp³-hybridized carbons (Fsp3) is 0.667. The molecule has 0 amide bonds. The standard InChI is InChI=1S/C18H28F2OSi/c1-3-5-6-11-22-12-9-14(10-13-22)15-7-8-16(21-4-2)18(20)17(15)19/h7-8,14,22H,3-6,9-13H2,1-2H3/t14-,22-. The predicted octanol–water partition coefficient (Wildman–Crippen LogP) is 5.66. The minimum absolute atomic E-state index is 0.0337. The highest BCUT2D eigenvalue weighted by Gasteiger charge is 2.26. The molecule has 1 aliphatic rings. The van der Waals surface area contributed by atoms with Gasteiger partial charge in [0.1, 0.15) is 0 Å². The minimum atomic E-state index is -0.818. The second kappa shape index (κ2) is 8.66. The number of benzene rings is 1.